The SMILES string of the molecule is C#Cc1cnc(C)c(NS(=O)c2ccc(F)cc2F)c1.CC. The fourth-order valence-electron chi connectivity index (χ4n) is 1.50. The van der Waals surface area contributed by atoms with E-state index in [0.717, 1.165) is 12.1 Å². The molecule has 0 radical (unpaired) electrons. The predicted octanol–water partition coefficient (Wildman–Crippen LogP) is 3.81. The summed E-state index contributed by atoms with van der Waals surface area (Å²) in [6.07, 6.45) is 6.76. The van der Waals surface area contributed by atoms with Crippen molar-refractivity contribution in [1.29, 1.82) is 0 Å². The van der Waals surface area contributed by atoms with Gasteiger partial charge < -0.3 is 0 Å². The highest BCUT2D eigenvalue weighted by molar-refractivity contribution is 7.86. The van der Waals surface area contributed by atoms with Crippen molar-refractivity contribution < 1.29 is 13.0 Å². The van der Waals surface area contributed by atoms with Crippen LogP contribution >= 0.6 is 0 Å². The number of anilines is 1. The highest BCUT2D eigenvalue weighted by Gasteiger charge is 2.12. The lowest BCUT2D eigenvalue weighted by atomic mass is 10.2. The number of terminal acetylenes is 1. The van der Waals surface area contributed by atoms with Crippen LogP contribution in [-0.2, 0) is 11.0 Å². The van der Waals surface area contributed by atoms with E-state index in [1.165, 1.54) is 6.20 Å². The molecule has 22 heavy (non-hydrogen) atoms. The molecule has 1 N–H and O–H groups in total. The van der Waals surface area contributed by atoms with Crippen LogP contribution in [0, 0.1) is 30.9 Å². The Bertz CT molecular complexity index is 727. The van der Waals surface area contributed by atoms with E-state index in [0.29, 0.717) is 23.0 Å². The van der Waals surface area contributed by atoms with Crippen LogP contribution in [0.2, 0.25) is 0 Å². The van der Waals surface area contributed by atoms with Crippen molar-refractivity contribution >= 4 is 16.7 Å². The van der Waals surface area contributed by atoms with Gasteiger partial charge in [-0.3, -0.25) is 9.71 Å². The molecule has 6 heteroatoms. The van der Waals surface area contributed by atoms with Crippen LogP contribution < -0.4 is 4.72 Å². The summed E-state index contributed by atoms with van der Waals surface area (Å²) in [7, 11) is -1.88. The summed E-state index contributed by atoms with van der Waals surface area (Å²) in [4.78, 5) is 3.90. The number of hydrogen-bond donors (Lipinski definition) is 1. The van der Waals surface area contributed by atoms with E-state index >= 15 is 0 Å². The van der Waals surface area contributed by atoms with E-state index < -0.39 is 22.6 Å². The summed E-state index contributed by atoms with van der Waals surface area (Å²) >= 11 is 0. The van der Waals surface area contributed by atoms with Gasteiger partial charge in [-0.1, -0.05) is 19.8 Å². The molecule has 1 unspecified atom stereocenters. The van der Waals surface area contributed by atoms with Gasteiger partial charge in [0, 0.05) is 17.8 Å². The number of halogens is 2. The van der Waals surface area contributed by atoms with Crippen LogP contribution in [-0.4, -0.2) is 9.19 Å². The molecule has 3 nitrogen and oxygen atoms in total. The molecule has 0 aliphatic rings. The Hall–Kier alpha value is -2.26. The molecule has 2 rings (SSSR count). The molecule has 0 fully saturated rings. The molecule has 0 aliphatic heterocycles. The van der Waals surface area contributed by atoms with Crippen molar-refractivity contribution in [3.63, 3.8) is 0 Å². The van der Waals surface area contributed by atoms with Crippen LogP contribution in [0.4, 0.5) is 14.5 Å². The fraction of sp³-hybridized carbons (Fsp3) is 0.188. The average molecular weight is 322 g/mol. The molecule has 116 valence electrons. The topological polar surface area (TPSA) is 42.0 Å². The molecule has 0 aliphatic carbocycles. The van der Waals surface area contributed by atoms with Gasteiger partial charge >= 0.3 is 0 Å². The predicted molar refractivity (Wildman–Crippen MR) is 84.6 cm³/mol. The molecular weight excluding hydrogens is 306 g/mol. The Labute approximate surface area is 131 Å². The molecule has 0 amide bonds. The zero-order chi connectivity index (χ0) is 16.7. The van der Waals surface area contributed by atoms with Crippen molar-refractivity contribution in [3.05, 3.63) is 53.4 Å². The molecular formula is C16H16F2N2OS. The maximum atomic E-state index is 13.5. The number of nitrogens with zero attached hydrogens (tertiary/aromatic N) is 1. The summed E-state index contributed by atoms with van der Waals surface area (Å²) in [5, 5.41) is 0. The van der Waals surface area contributed by atoms with Gasteiger partial charge in [-0.2, -0.15) is 0 Å². The van der Waals surface area contributed by atoms with Crippen molar-refractivity contribution in [2.45, 2.75) is 25.7 Å². The highest BCUT2D eigenvalue weighted by atomic mass is 32.2. The van der Waals surface area contributed by atoms with Gasteiger partial charge in [-0.15, -0.1) is 6.42 Å². The van der Waals surface area contributed by atoms with Crippen LogP contribution in [0.5, 0.6) is 0 Å². The second-order valence-electron chi connectivity index (χ2n) is 3.95. The third-order valence-corrected chi connectivity index (χ3v) is 3.69. The van der Waals surface area contributed by atoms with Crippen LogP contribution in [0.15, 0.2) is 35.4 Å². The smallest absolute Gasteiger partial charge is 0.153 e. The Morgan fingerprint density at radius 3 is 2.55 bits per heavy atom. The first-order valence-corrected chi connectivity index (χ1v) is 7.73. The monoisotopic (exact) mass is 322 g/mol. The highest BCUT2D eigenvalue weighted by Crippen LogP contribution is 2.19. The molecule has 0 spiro atoms. The van der Waals surface area contributed by atoms with Crippen LogP contribution in [0.1, 0.15) is 25.1 Å². The first kappa shape index (κ1) is 17.8. The number of aromatic nitrogens is 1. The molecule has 0 saturated carbocycles. The third-order valence-electron chi connectivity index (χ3n) is 2.55. The minimum atomic E-state index is -1.88. The Morgan fingerprint density at radius 1 is 1.27 bits per heavy atom. The third kappa shape index (κ3) is 4.37. The molecule has 0 bridgehead atoms. The van der Waals surface area contributed by atoms with Crippen molar-refractivity contribution in [2.75, 3.05) is 4.72 Å². The van der Waals surface area contributed by atoms with Crippen molar-refractivity contribution in [2.24, 2.45) is 0 Å². The molecule has 1 heterocycles. The molecule has 1 aromatic heterocycles. The fourth-order valence-corrected chi connectivity index (χ4v) is 2.44. The lowest BCUT2D eigenvalue weighted by molar-refractivity contribution is 0.562. The van der Waals surface area contributed by atoms with Gasteiger partial charge in [0.25, 0.3) is 0 Å². The summed E-state index contributed by atoms with van der Waals surface area (Å²) < 4.78 is 41.0. The Morgan fingerprint density at radius 2 is 1.95 bits per heavy atom. The number of nitrogens with one attached hydrogen (secondary N) is 1. The lowest BCUT2D eigenvalue weighted by Crippen LogP contribution is -2.09. The minimum absolute atomic E-state index is 0.142. The summed E-state index contributed by atoms with van der Waals surface area (Å²) in [5.74, 6) is 0.795. The number of pyridine rings is 1. The van der Waals surface area contributed by atoms with Gasteiger partial charge in [-0.05, 0) is 25.1 Å². The maximum Gasteiger partial charge on any atom is 0.153 e. The van der Waals surface area contributed by atoms with E-state index in [1.807, 2.05) is 13.8 Å². The number of aryl methyl sites for hydroxylation is 1. The Balaban J connectivity index is 0.00000116. The van der Waals surface area contributed by atoms with Gasteiger partial charge in [0.05, 0.1) is 16.3 Å². The lowest BCUT2D eigenvalue weighted by Gasteiger charge is -2.09. The first-order chi connectivity index (χ1) is 10.5. The van der Waals surface area contributed by atoms with E-state index in [4.69, 9.17) is 6.42 Å². The van der Waals surface area contributed by atoms with E-state index in [9.17, 15) is 13.0 Å². The van der Waals surface area contributed by atoms with Crippen molar-refractivity contribution in [1.82, 2.24) is 4.98 Å². The van der Waals surface area contributed by atoms with Crippen LogP contribution in [0.3, 0.4) is 0 Å². The second kappa shape index (κ2) is 8.25. The normalized spacial score (nSPS) is 10.9. The molecule has 0 saturated heterocycles. The number of rotatable bonds is 3. The second-order valence-corrected chi connectivity index (χ2v) is 5.13. The molecule has 1 aromatic carbocycles. The average Bonchev–Trinajstić information content (AvgIpc) is 2.51. The van der Waals surface area contributed by atoms with Crippen LogP contribution in [0.25, 0.3) is 0 Å². The minimum Gasteiger partial charge on any atom is -0.299 e. The zero-order valence-electron chi connectivity index (χ0n) is 12.5. The van der Waals surface area contributed by atoms with E-state index in [2.05, 4.69) is 15.6 Å². The summed E-state index contributed by atoms with van der Waals surface area (Å²) in [5.41, 5.74) is 1.51. The van der Waals surface area contributed by atoms with Gasteiger partial charge in [0.1, 0.15) is 11.6 Å². The maximum absolute atomic E-state index is 13.5. The van der Waals surface area contributed by atoms with Gasteiger partial charge in [0.2, 0.25) is 0 Å². The molecule has 1 atom stereocenters. The van der Waals surface area contributed by atoms with E-state index in [1.54, 1.807) is 13.0 Å². The largest absolute Gasteiger partial charge is 0.299 e. The summed E-state index contributed by atoms with van der Waals surface area (Å²) in [6.45, 7) is 5.70. The Kier molecular flexibility index (Phi) is 6.67. The van der Waals surface area contributed by atoms with Crippen molar-refractivity contribution in [3.8, 4) is 12.3 Å². The number of hydrogen-bond acceptors (Lipinski definition) is 2. The first-order valence-electron chi connectivity index (χ1n) is 6.58. The zero-order valence-corrected chi connectivity index (χ0v) is 13.3. The van der Waals surface area contributed by atoms with E-state index in [-0.39, 0.29) is 4.90 Å². The van der Waals surface area contributed by atoms with Gasteiger partial charge in [-0.25, -0.2) is 13.0 Å². The quantitative estimate of drug-likeness (QED) is 0.873. The number of benzene rings is 1. The molecule has 2 aromatic rings. The van der Waals surface area contributed by atoms with Gasteiger partial charge in [0.15, 0.2) is 11.0 Å². The standard InChI is InChI=1S/C14H10F2N2OS.C2H6/c1-3-10-6-13(9(2)17-8-10)18-20(19)14-5-4-11(15)7-12(14)16;1-2/h1,4-8,18H,2H3;1-2H3. The summed E-state index contributed by atoms with van der Waals surface area (Å²) in [6, 6.07) is 4.43.